The summed E-state index contributed by atoms with van der Waals surface area (Å²) in [5.41, 5.74) is 7.41. The van der Waals surface area contributed by atoms with E-state index in [4.69, 9.17) is 21.6 Å². The number of carbonyl (C=O) groups is 9. The maximum absolute atomic E-state index is 15.7. The number of nitrogens with one attached hydrogen (secondary N) is 7. The lowest BCUT2D eigenvalue weighted by atomic mass is 9.95. The van der Waals surface area contributed by atoms with Gasteiger partial charge in [0.15, 0.2) is 0 Å². The number of ether oxygens (including phenoxy) is 2. The Labute approximate surface area is 540 Å². The molecule has 2 saturated heterocycles. The van der Waals surface area contributed by atoms with Gasteiger partial charge in [0, 0.05) is 74.2 Å². The highest BCUT2D eigenvalue weighted by molar-refractivity contribution is 7.80. The van der Waals surface area contributed by atoms with Crippen LogP contribution in [0.25, 0.3) is 10.9 Å². The van der Waals surface area contributed by atoms with Crippen molar-refractivity contribution < 1.29 is 62.1 Å². The van der Waals surface area contributed by atoms with Crippen molar-refractivity contribution in [1.29, 1.82) is 0 Å². The highest BCUT2D eigenvalue weighted by Gasteiger charge is 2.49. The summed E-state index contributed by atoms with van der Waals surface area (Å²) in [5.74, 6) is -3.67. The maximum atomic E-state index is 15.7. The number of thiol groups is 2. The zero-order valence-electron chi connectivity index (χ0n) is 51.7. The van der Waals surface area contributed by atoms with Crippen molar-refractivity contribution in [2.75, 3.05) is 51.4 Å². The number of aliphatic hydroxyl groups is 1. The SMILES string of the molecule is C#CCn1c(C[C@H](NC(=O)[C@H](Cc2cccc(CC=C)c2)NC(=O)[C@@H](C)NC(=O)[C@H](CN)NC(=O)CCS)C(=O)N2CC[C@H](OCC=C)[C@H]2C(=O)N[C@H](C(=O)N[C@@H](Cc2ccc(OC)cc2)C(=O)N2CCC[C@@]2(C)C(=O)NCCS)[C@@H](C)O)cc2cc(F)ccc21. The van der Waals surface area contributed by atoms with Crippen molar-refractivity contribution in [3.63, 3.8) is 0 Å². The Morgan fingerprint density at radius 3 is 2.14 bits per heavy atom. The molecule has 23 nitrogen and oxygen atoms in total. The number of hydrogen-bond acceptors (Lipinski definition) is 15. The van der Waals surface area contributed by atoms with E-state index < -0.39 is 119 Å². The Bertz CT molecular complexity index is 3320. The first-order valence-electron chi connectivity index (χ1n) is 30.1. The molecule has 4 aromatic rings. The number of aromatic nitrogens is 1. The minimum Gasteiger partial charge on any atom is -0.497 e. The number of halogens is 1. The lowest BCUT2D eigenvalue weighted by Gasteiger charge is -2.37. The molecular formula is C65H84FN11O12S2. The fourth-order valence-corrected chi connectivity index (χ4v) is 11.6. The van der Waals surface area contributed by atoms with Gasteiger partial charge in [-0.15, -0.1) is 19.6 Å². The van der Waals surface area contributed by atoms with Crippen LogP contribution in [0.1, 0.15) is 68.8 Å². The van der Waals surface area contributed by atoms with Crippen LogP contribution in [0.3, 0.4) is 0 Å². The van der Waals surface area contributed by atoms with Gasteiger partial charge in [0.05, 0.1) is 32.5 Å². The molecule has 3 aromatic carbocycles. The van der Waals surface area contributed by atoms with Gasteiger partial charge in [-0.2, -0.15) is 25.3 Å². The summed E-state index contributed by atoms with van der Waals surface area (Å²) in [4.78, 5) is 132. The summed E-state index contributed by atoms with van der Waals surface area (Å²) in [7, 11) is 1.50. The molecule has 0 spiro atoms. The highest BCUT2D eigenvalue weighted by atomic mass is 32.1. The summed E-state index contributed by atoms with van der Waals surface area (Å²) < 4.78 is 28.0. The molecule has 490 valence electrons. The number of carbonyl (C=O) groups excluding carboxylic acids is 9. The molecule has 2 aliphatic rings. The minimum absolute atomic E-state index is 0.00137. The van der Waals surface area contributed by atoms with Gasteiger partial charge in [0.2, 0.25) is 53.2 Å². The van der Waals surface area contributed by atoms with E-state index in [-0.39, 0.29) is 77.2 Å². The molecule has 26 heteroatoms. The Hall–Kier alpha value is -8.22. The molecule has 0 unspecified atom stereocenters. The van der Waals surface area contributed by atoms with Crippen LogP contribution in [0.5, 0.6) is 5.75 Å². The number of amides is 9. The number of hydrogen-bond donors (Lipinski definition) is 11. The molecule has 3 heterocycles. The van der Waals surface area contributed by atoms with Crippen LogP contribution in [0.2, 0.25) is 0 Å². The number of aliphatic hydroxyl groups excluding tert-OH is 1. The quantitative estimate of drug-likeness (QED) is 0.0183. The van der Waals surface area contributed by atoms with Crippen LogP contribution >= 0.6 is 25.3 Å². The Morgan fingerprint density at radius 2 is 1.48 bits per heavy atom. The van der Waals surface area contributed by atoms with Crippen LogP contribution in [0, 0.1) is 18.2 Å². The zero-order valence-corrected chi connectivity index (χ0v) is 53.5. The molecule has 1 aromatic heterocycles. The normalized spacial score (nSPS) is 18.4. The van der Waals surface area contributed by atoms with E-state index in [0.29, 0.717) is 58.5 Å². The molecule has 9 amide bonds. The first kappa shape index (κ1) is 71.9. The van der Waals surface area contributed by atoms with Crippen molar-refractivity contribution in [2.45, 2.75) is 139 Å². The minimum atomic E-state index is -1.77. The third kappa shape index (κ3) is 18.9. The standard InChI is InChI=1S/C65H84FN11O12S2/c1-8-13-41-14-11-15-43(32-41)34-48(71-57(80)39(4)69-59(82)51(38-67)70-54(79)23-30-90)58(81)72-50(37-46-36-44-35-45(66)18-21-52(44)75(46)26-9-2)62(85)76-28-22-53(89-29-10-3)56(76)61(84)74-55(40(5)78)60(83)73-49(33-42-16-19-47(88-7)20-17-42)63(86)77-27-12-24-65(77,6)64(87)68-25-31-91/h2,8,10-11,14-21,32,35-36,39-40,48-51,53,55-56,78,90-91H,1,3,12-13,22-31,33-34,37-38,67H2,4-7H3,(H,68,87)(H,69,82)(H,70,79)(H,71,80)(H,72,81)(H,73,83)(H,74,84)/t39-,40-,48+,49+,50+,51+,53+,55+,56+,65+/m1/s1. The summed E-state index contributed by atoms with van der Waals surface area (Å²) in [6.07, 6.45) is 7.07. The number of fused-ring (bicyclic) bond motifs is 1. The largest absolute Gasteiger partial charge is 0.497 e. The van der Waals surface area contributed by atoms with Gasteiger partial charge in [0.25, 0.3) is 0 Å². The molecule has 2 fully saturated rings. The van der Waals surface area contributed by atoms with E-state index in [0.717, 1.165) is 5.56 Å². The van der Waals surface area contributed by atoms with Gasteiger partial charge in [0.1, 0.15) is 59.4 Å². The van der Waals surface area contributed by atoms with Crippen molar-refractivity contribution in [1.82, 2.24) is 51.6 Å². The second-order valence-electron chi connectivity index (χ2n) is 22.6. The second-order valence-corrected chi connectivity index (χ2v) is 23.5. The second kappa shape index (κ2) is 34.3. The van der Waals surface area contributed by atoms with E-state index in [1.807, 2.05) is 12.1 Å². The molecule has 10 atom stereocenters. The average Bonchev–Trinajstić information content (AvgIpc) is 3.93. The fourth-order valence-electron chi connectivity index (χ4n) is 11.3. The summed E-state index contributed by atoms with van der Waals surface area (Å²) in [6, 6.07) is 9.32. The lowest BCUT2D eigenvalue weighted by Crippen LogP contribution is -2.64. The van der Waals surface area contributed by atoms with Gasteiger partial charge < -0.3 is 71.9 Å². The number of rotatable bonds is 33. The molecule has 91 heavy (non-hydrogen) atoms. The molecule has 0 radical (unpaired) electrons. The summed E-state index contributed by atoms with van der Waals surface area (Å²) in [5, 5.41) is 30.6. The first-order valence-corrected chi connectivity index (χ1v) is 31.4. The van der Waals surface area contributed by atoms with E-state index >= 15 is 14.4 Å². The van der Waals surface area contributed by atoms with Gasteiger partial charge in [-0.1, -0.05) is 54.5 Å². The maximum Gasteiger partial charge on any atom is 0.246 e. The number of terminal acetylenes is 1. The van der Waals surface area contributed by atoms with Crippen molar-refractivity contribution in [2.24, 2.45) is 5.73 Å². The van der Waals surface area contributed by atoms with Crippen LogP contribution in [0.4, 0.5) is 4.39 Å². The number of nitrogens with two attached hydrogens (primary N) is 1. The van der Waals surface area contributed by atoms with Crippen LogP contribution in [-0.4, -0.2) is 184 Å². The number of benzene rings is 3. The third-order valence-electron chi connectivity index (χ3n) is 16.0. The fraction of sp³-hybridized carbons (Fsp3) is 0.462. The smallest absolute Gasteiger partial charge is 0.246 e. The van der Waals surface area contributed by atoms with Crippen molar-refractivity contribution in [3.8, 4) is 18.1 Å². The predicted molar refractivity (Wildman–Crippen MR) is 348 cm³/mol. The van der Waals surface area contributed by atoms with Gasteiger partial charge in [-0.05, 0) is 105 Å². The number of likely N-dealkylation sites (tertiary alicyclic amines) is 2. The van der Waals surface area contributed by atoms with Gasteiger partial charge >= 0.3 is 0 Å². The Kier molecular flexibility index (Phi) is 27.1. The van der Waals surface area contributed by atoms with E-state index in [1.54, 1.807) is 60.0 Å². The van der Waals surface area contributed by atoms with Gasteiger partial charge in [-0.25, -0.2) is 4.39 Å². The van der Waals surface area contributed by atoms with E-state index in [2.05, 4.69) is 81.6 Å². The van der Waals surface area contributed by atoms with Crippen molar-refractivity contribution >= 4 is 89.3 Å². The van der Waals surface area contributed by atoms with E-state index in [9.17, 15) is 38.3 Å². The monoisotopic (exact) mass is 1290 g/mol. The average molecular weight is 1290 g/mol. The number of nitrogens with zero attached hydrogens (tertiary/aromatic N) is 3. The van der Waals surface area contributed by atoms with Crippen LogP contribution in [-0.2, 0) is 80.1 Å². The molecule has 0 bridgehead atoms. The number of methoxy groups -OCH3 is 1. The van der Waals surface area contributed by atoms with Crippen LogP contribution < -0.4 is 47.7 Å². The molecule has 0 saturated carbocycles. The summed E-state index contributed by atoms with van der Waals surface area (Å²) in [6.45, 7) is 11.7. The first-order chi connectivity index (χ1) is 43.5. The molecule has 10 N–H and O–H groups in total. The Morgan fingerprint density at radius 1 is 0.802 bits per heavy atom. The topological polar surface area (TPSA) is 314 Å². The molecule has 6 rings (SSSR count). The van der Waals surface area contributed by atoms with Crippen molar-refractivity contribution in [3.05, 3.63) is 126 Å². The molecule has 0 aliphatic carbocycles. The van der Waals surface area contributed by atoms with Gasteiger partial charge in [-0.3, -0.25) is 43.2 Å². The predicted octanol–water partition coefficient (Wildman–Crippen LogP) is 1.37. The molecular weight excluding hydrogens is 1210 g/mol. The zero-order chi connectivity index (χ0) is 66.5. The van der Waals surface area contributed by atoms with Crippen LogP contribution in [0.15, 0.2) is 98.1 Å². The lowest BCUT2D eigenvalue weighted by molar-refractivity contribution is -0.147. The summed E-state index contributed by atoms with van der Waals surface area (Å²) >= 11 is 8.28. The number of allylic oxidation sites excluding steroid dienone is 1. The Balaban J connectivity index is 1.37. The van der Waals surface area contributed by atoms with E-state index in [1.165, 1.54) is 55.0 Å². The highest BCUT2D eigenvalue weighted by Crippen LogP contribution is 2.31. The molecule has 2 aliphatic heterocycles. The third-order valence-corrected chi connectivity index (χ3v) is 16.5.